The van der Waals surface area contributed by atoms with E-state index in [0.717, 1.165) is 11.4 Å². The molecule has 0 amide bonds. The summed E-state index contributed by atoms with van der Waals surface area (Å²) >= 11 is 0.318. The van der Waals surface area contributed by atoms with E-state index in [9.17, 15) is 23.3 Å². The van der Waals surface area contributed by atoms with Crippen molar-refractivity contribution < 1.29 is 18.1 Å². The molecule has 12 heavy (non-hydrogen) atoms. The Balaban J connectivity index is 3.17. The zero-order valence-corrected chi connectivity index (χ0v) is 6.28. The molecule has 0 fully saturated rings. The second-order valence-corrected chi connectivity index (χ2v) is 2.81. The van der Waals surface area contributed by atoms with Gasteiger partial charge in [0.1, 0.15) is 0 Å². The summed E-state index contributed by atoms with van der Waals surface area (Å²) in [6.07, 6.45) is -4.63. The second-order valence-electron chi connectivity index (χ2n) is 1.89. The maximum Gasteiger partial charge on any atom is 0.432 e. The maximum absolute atomic E-state index is 11.9. The number of rotatable bonds is 1. The summed E-state index contributed by atoms with van der Waals surface area (Å²) in [6, 6.07) is 0.841. The minimum absolute atomic E-state index is 0.318. The molecule has 0 saturated heterocycles. The summed E-state index contributed by atoms with van der Waals surface area (Å²) in [5, 5.41) is 11.1. The van der Waals surface area contributed by atoms with Gasteiger partial charge in [0.05, 0.1) is 4.92 Å². The van der Waals surface area contributed by atoms with Gasteiger partial charge in [-0.25, -0.2) is 0 Å². The Bertz CT molecular complexity index is 306. The zero-order chi connectivity index (χ0) is 9.35. The molecule has 1 aromatic rings. The van der Waals surface area contributed by atoms with Gasteiger partial charge in [-0.05, 0) is 5.38 Å². The Morgan fingerprint density at radius 2 is 2.08 bits per heavy atom. The number of halogens is 3. The number of nitrogens with zero attached hydrogens (tertiary/aromatic N) is 1. The Kier molecular flexibility index (Phi) is 2.05. The fourth-order valence-electron chi connectivity index (χ4n) is 0.658. The minimum Gasteiger partial charge on any atom is -0.258 e. The largest absolute Gasteiger partial charge is 0.432 e. The first-order valence-electron chi connectivity index (χ1n) is 2.72. The van der Waals surface area contributed by atoms with Crippen LogP contribution in [0.3, 0.4) is 0 Å². The van der Waals surface area contributed by atoms with Gasteiger partial charge in [-0.3, -0.25) is 10.1 Å². The first-order valence-corrected chi connectivity index (χ1v) is 3.60. The highest BCUT2D eigenvalue weighted by Gasteiger charge is 2.39. The molecule has 0 radical (unpaired) electrons. The molecular weight excluding hydrogens is 195 g/mol. The molecule has 1 heterocycles. The normalized spacial score (nSPS) is 11.6. The Morgan fingerprint density at radius 1 is 1.50 bits per heavy atom. The molecule has 0 aliphatic carbocycles. The predicted octanol–water partition coefficient (Wildman–Crippen LogP) is 2.68. The van der Waals surface area contributed by atoms with Crippen molar-refractivity contribution in [1.82, 2.24) is 0 Å². The lowest BCUT2D eigenvalue weighted by Gasteiger charge is -2.00. The van der Waals surface area contributed by atoms with Gasteiger partial charge in [0.25, 0.3) is 5.69 Å². The molecule has 0 saturated carbocycles. The molecule has 7 heteroatoms. The van der Waals surface area contributed by atoms with Crippen molar-refractivity contribution >= 4 is 17.0 Å². The molecule has 66 valence electrons. The molecule has 0 bridgehead atoms. The van der Waals surface area contributed by atoms with Crippen molar-refractivity contribution in [3.8, 4) is 0 Å². The standard InChI is InChI=1S/C5H2F3NO2S/c6-5(7,8)4-3(9(10)11)1-2-12-4/h1-2H. The van der Waals surface area contributed by atoms with Gasteiger partial charge in [0.15, 0.2) is 4.88 Å². The maximum atomic E-state index is 11.9. The quantitative estimate of drug-likeness (QED) is 0.513. The van der Waals surface area contributed by atoms with Crippen LogP contribution < -0.4 is 0 Å². The molecule has 0 aliphatic heterocycles. The molecular formula is C5H2F3NO2S. The summed E-state index contributed by atoms with van der Waals surface area (Å²) < 4.78 is 35.8. The van der Waals surface area contributed by atoms with Crippen LogP contribution in [0.1, 0.15) is 4.88 Å². The van der Waals surface area contributed by atoms with Gasteiger partial charge in [0, 0.05) is 6.07 Å². The highest BCUT2D eigenvalue weighted by Crippen LogP contribution is 2.39. The van der Waals surface area contributed by atoms with Crippen molar-refractivity contribution in [2.24, 2.45) is 0 Å². The zero-order valence-electron chi connectivity index (χ0n) is 5.46. The topological polar surface area (TPSA) is 43.1 Å². The van der Waals surface area contributed by atoms with Crippen LogP contribution in [0, 0.1) is 10.1 Å². The molecule has 0 atom stereocenters. The molecule has 0 aromatic carbocycles. The van der Waals surface area contributed by atoms with Crippen molar-refractivity contribution in [2.75, 3.05) is 0 Å². The van der Waals surface area contributed by atoms with E-state index >= 15 is 0 Å². The molecule has 1 rings (SSSR count). The lowest BCUT2D eigenvalue weighted by Crippen LogP contribution is -2.04. The van der Waals surface area contributed by atoms with E-state index in [4.69, 9.17) is 0 Å². The Labute approximate surface area is 68.6 Å². The van der Waals surface area contributed by atoms with E-state index in [0.29, 0.717) is 11.3 Å². The fourth-order valence-corrected chi connectivity index (χ4v) is 1.39. The van der Waals surface area contributed by atoms with Gasteiger partial charge < -0.3 is 0 Å². The minimum atomic E-state index is -4.63. The van der Waals surface area contributed by atoms with Crippen LogP contribution in [0.4, 0.5) is 18.9 Å². The molecule has 0 unspecified atom stereocenters. The van der Waals surface area contributed by atoms with E-state index < -0.39 is 21.7 Å². The monoisotopic (exact) mass is 197 g/mol. The van der Waals surface area contributed by atoms with Crippen LogP contribution in [-0.4, -0.2) is 4.92 Å². The summed E-state index contributed by atoms with van der Waals surface area (Å²) in [6.45, 7) is 0. The van der Waals surface area contributed by atoms with Gasteiger partial charge in [-0.2, -0.15) is 13.2 Å². The van der Waals surface area contributed by atoms with Crippen LogP contribution in [0.15, 0.2) is 11.4 Å². The lowest BCUT2D eigenvalue weighted by molar-refractivity contribution is -0.387. The fraction of sp³-hybridized carbons (Fsp3) is 0.200. The predicted molar refractivity (Wildman–Crippen MR) is 36.0 cm³/mol. The average molecular weight is 197 g/mol. The number of hydrogen-bond acceptors (Lipinski definition) is 3. The van der Waals surface area contributed by atoms with Gasteiger partial charge in [-0.1, -0.05) is 0 Å². The summed E-state index contributed by atoms with van der Waals surface area (Å²) in [4.78, 5) is 7.84. The van der Waals surface area contributed by atoms with Crippen LogP contribution in [0.2, 0.25) is 0 Å². The Hall–Kier alpha value is -1.11. The lowest BCUT2D eigenvalue weighted by atomic mass is 10.4. The molecule has 0 aliphatic rings. The Morgan fingerprint density at radius 3 is 2.42 bits per heavy atom. The van der Waals surface area contributed by atoms with E-state index in [1.165, 1.54) is 0 Å². The molecule has 0 N–H and O–H groups in total. The summed E-state index contributed by atoms with van der Waals surface area (Å²) in [5.74, 6) is 0. The van der Waals surface area contributed by atoms with Gasteiger partial charge >= 0.3 is 6.18 Å². The first-order chi connectivity index (χ1) is 5.43. The van der Waals surface area contributed by atoms with E-state index in [1.807, 2.05) is 0 Å². The third-order valence-electron chi connectivity index (χ3n) is 1.10. The number of hydrogen-bond donors (Lipinski definition) is 0. The number of nitro groups is 1. The molecule has 0 spiro atoms. The van der Waals surface area contributed by atoms with Crippen molar-refractivity contribution in [2.45, 2.75) is 6.18 Å². The third kappa shape index (κ3) is 1.55. The van der Waals surface area contributed by atoms with Crippen LogP contribution in [-0.2, 0) is 6.18 Å². The van der Waals surface area contributed by atoms with Crippen molar-refractivity contribution in [1.29, 1.82) is 0 Å². The highest BCUT2D eigenvalue weighted by atomic mass is 32.1. The van der Waals surface area contributed by atoms with E-state index in [2.05, 4.69) is 0 Å². The van der Waals surface area contributed by atoms with Gasteiger partial charge in [0.2, 0.25) is 0 Å². The van der Waals surface area contributed by atoms with Crippen LogP contribution in [0.25, 0.3) is 0 Å². The van der Waals surface area contributed by atoms with Crippen LogP contribution >= 0.6 is 11.3 Å². The smallest absolute Gasteiger partial charge is 0.258 e. The second kappa shape index (κ2) is 2.74. The highest BCUT2D eigenvalue weighted by molar-refractivity contribution is 7.10. The SMILES string of the molecule is O=[N+]([O-])c1ccsc1C(F)(F)F. The van der Waals surface area contributed by atoms with Crippen molar-refractivity contribution in [3.63, 3.8) is 0 Å². The van der Waals surface area contributed by atoms with Gasteiger partial charge in [-0.15, -0.1) is 11.3 Å². The first kappa shape index (κ1) is 8.98. The number of thiophene rings is 1. The molecule has 1 aromatic heterocycles. The van der Waals surface area contributed by atoms with E-state index in [-0.39, 0.29) is 0 Å². The molecule has 3 nitrogen and oxygen atoms in total. The van der Waals surface area contributed by atoms with E-state index in [1.54, 1.807) is 0 Å². The third-order valence-corrected chi connectivity index (χ3v) is 2.05. The summed E-state index contributed by atoms with van der Waals surface area (Å²) in [5.41, 5.74) is -0.882. The average Bonchev–Trinajstić information content (AvgIpc) is 2.30. The summed E-state index contributed by atoms with van der Waals surface area (Å²) in [7, 11) is 0. The number of alkyl halides is 3. The van der Waals surface area contributed by atoms with Crippen molar-refractivity contribution in [3.05, 3.63) is 26.4 Å². The van der Waals surface area contributed by atoms with Crippen LogP contribution in [0.5, 0.6) is 0 Å².